The Morgan fingerprint density at radius 1 is 0.371 bits per heavy atom. The highest BCUT2D eigenvalue weighted by atomic mass is 19.4. The molecule has 9 aromatic carbocycles. The molecule has 0 radical (unpaired) electrons. The van der Waals surface area contributed by atoms with Gasteiger partial charge < -0.3 is 9.13 Å². The molecule has 0 saturated carbocycles. The van der Waals surface area contributed by atoms with Gasteiger partial charge in [0.15, 0.2) is 17.5 Å². The molecule has 3 heterocycles. The van der Waals surface area contributed by atoms with Crippen LogP contribution < -0.4 is 0 Å². The van der Waals surface area contributed by atoms with E-state index in [0.29, 0.717) is 23.2 Å². The number of halogens is 3. The van der Waals surface area contributed by atoms with Gasteiger partial charge in [-0.2, -0.15) is 23.7 Å². The molecule has 0 amide bonds. The number of hydrogen-bond acceptors (Lipinski definition) is 5. The zero-order valence-electron chi connectivity index (χ0n) is 36.9. The van der Waals surface area contributed by atoms with Crippen molar-refractivity contribution in [1.29, 1.82) is 10.5 Å². The molecule has 0 unspecified atom stereocenters. The number of benzene rings is 9. The normalized spacial score (nSPS) is 11.6. The third-order valence-corrected chi connectivity index (χ3v) is 12.8. The highest BCUT2D eigenvalue weighted by Crippen LogP contribution is 2.44. The van der Waals surface area contributed by atoms with Crippen molar-refractivity contribution < 1.29 is 13.2 Å². The molecular formula is C60H34F3N7. The molecule has 12 aromatic rings. The number of para-hydroxylation sites is 3. The van der Waals surface area contributed by atoms with Crippen LogP contribution in [0.2, 0.25) is 0 Å². The zero-order chi connectivity index (χ0) is 47.5. The minimum atomic E-state index is -4.78. The Morgan fingerprint density at radius 3 is 1.44 bits per heavy atom. The van der Waals surface area contributed by atoms with Crippen molar-refractivity contribution in [2.24, 2.45) is 0 Å². The number of nitrogens with zero attached hydrogens (tertiary/aromatic N) is 7. The Balaban J connectivity index is 1.11. The second-order valence-electron chi connectivity index (χ2n) is 17.0. The third-order valence-electron chi connectivity index (χ3n) is 12.8. The molecule has 0 saturated heterocycles. The maximum Gasteiger partial charge on any atom is 0.417 e. The summed E-state index contributed by atoms with van der Waals surface area (Å²) in [6.07, 6.45) is -4.78. The molecule has 0 aliphatic heterocycles. The van der Waals surface area contributed by atoms with Crippen LogP contribution in [0.1, 0.15) is 16.7 Å². The summed E-state index contributed by atoms with van der Waals surface area (Å²) in [5.41, 5.74) is 8.30. The summed E-state index contributed by atoms with van der Waals surface area (Å²) in [6, 6.07) is 69.0. The van der Waals surface area contributed by atoms with Crippen LogP contribution in [0.4, 0.5) is 13.2 Å². The molecule has 0 bridgehead atoms. The van der Waals surface area contributed by atoms with E-state index in [1.807, 2.05) is 132 Å². The predicted octanol–water partition coefficient (Wildman–Crippen LogP) is 15.2. The SMILES string of the molecule is N#Cc1ccc(-n2c3ccccc3c3cc(-c4cc(-c5nc(-c6ccccc6)nc(-c6ccccc6)n5)cc(-n5c6ccccc6c6ccccc65)c4)ccc32)c(-c2ccc(C#N)cc2C(F)(F)F)c1. The van der Waals surface area contributed by atoms with Gasteiger partial charge in [-0.25, -0.2) is 15.0 Å². The summed E-state index contributed by atoms with van der Waals surface area (Å²) in [4.78, 5) is 15.3. The molecule has 7 nitrogen and oxygen atoms in total. The first-order valence-corrected chi connectivity index (χ1v) is 22.4. The van der Waals surface area contributed by atoms with Crippen molar-refractivity contribution in [3.8, 4) is 79.9 Å². The second kappa shape index (κ2) is 16.6. The van der Waals surface area contributed by atoms with E-state index in [1.54, 1.807) is 12.1 Å². The fraction of sp³-hybridized carbons (Fsp3) is 0.0167. The van der Waals surface area contributed by atoms with Crippen molar-refractivity contribution in [2.75, 3.05) is 0 Å². The molecule has 0 atom stereocenters. The number of nitriles is 2. The van der Waals surface area contributed by atoms with Crippen molar-refractivity contribution in [2.45, 2.75) is 6.18 Å². The van der Waals surface area contributed by atoms with Gasteiger partial charge in [-0.05, 0) is 95.6 Å². The van der Waals surface area contributed by atoms with Crippen LogP contribution >= 0.6 is 0 Å². The molecule has 0 aliphatic carbocycles. The van der Waals surface area contributed by atoms with Gasteiger partial charge in [-0.1, -0.05) is 127 Å². The molecule has 0 fully saturated rings. The molecule has 0 N–H and O–H groups in total. The minimum absolute atomic E-state index is 0.118. The van der Waals surface area contributed by atoms with Crippen LogP contribution in [0.5, 0.6) is 0 Å². The topological polar surface area (TPSA) is 96.1 Å². The van der Waals surface area contributed by atoms with Gasteiger partial charge in [0.05, 0.1) is 56.6 Å². The molecule has 12 rings (SSSR count). The first-order valence-electron chi connectivity index (χ1n) is 22.4. The van der Waals surface area contributed by atoms with Gasteiger partial charge in [-0.3, -0.25) is 0 Å². The van der Waals surface area contributed by atoms with E-state index >= 15 is 0 Å². The summed E-state index contributed by atoms with van der Waals surface area (Å²) >= 11 is 0. The number of rotatable bonds is 7. The van der Waals surface area contributed by atoms with Gasteiger partial charge in [0.1, 0.15) is 0 Å². The van der Waals surface area contributed by atoms with E-state index in [0.717, 1.165) is 83.2 Å². The van der Waals surface area contributed by atoms with Gasteiger partial charge >= 0.3 is 6.18 Å². The van der Waals surface area contributed by atoms with E-state index in [9.17, 15) is 23.7 Å². The Hall–Kier alpha value is -9.64. The van der Waals surface area contributed by atoms with E-state index < -0.39 is 11.7 Å². The third kappa shape index (κ3) is 7.11. The van der Waals surface area contributed by atoms with Crippen LogP contribution in [0.15, 0.2) is 206 Å². The lowest BCUT2D eigenvalue weighted by molar-refractivity contribution is -0.137. The Morgan fingerprint density at radius 2 is 0.857 bits per heavy atom. The molecule has 0 spiro atoms. The fourth-order valence-electron chi connectivity index (χ4n) is 9.69. The van der Waals surface area contributed by atoms with E-state index in [-0.39, 0.29) is 22.3 Å². The van der Waals surface area contributed by atoms with Gasteiger partial charge in [0, 0.05) is 49.5 Å². The standard InChI is InChI=1S/C60H34F3N7/c61-60(62,63)51-30-38(36-65)23-26-45(51)49-29-37(35-64)24-27-55(49)70-54-22-12-9-19-48(54)50-34-41(25-28-56(50)70)42-31-43(33-44(32-42)69-52-20-10-7-17-46(52)47-18-8-11-21-53(47)69)59-67-57(39-13-3-1-4-14-39)66-58(68-59)40-15-5-2-6-16-40/h1-34H. The van der Waals surface area contributed by atoms with Crippen molar-refractivity contribution >= 4 is 43.6 Å². The molecule has 330 valence electrons. The highest BCUT2D eigenvalue weighted by molar-refractivity contribution is 6.12. The number of alkyl halides is 3. The van der Waals surface area contributed by atoms with Gasteiger partial charge in [-0.15, -0.1) is 0 Å². The van der Waals surface area contributed by atoms with Crippen molar-refractivity contribution in [1.82, 2.24) is 24.1 Å². The Labute approximate surface area is 398 Å². The van der Waals surface area contributed by atoms with Crippen LogP contribution in [0.3, 0.4) is 0 Å². The average molecular weight is 910 g/mol. The summed E-state index contributed by atoms with van der Waals surface area (Å²) in [5.74, 6) is 1.56. The molecular weight excluding hydrogens is 876 g/mol. The smallest absolute Gasteiger partial charge is 0.309 e. The maximum atomic E-state index is 14.8. The van der Waals surface area contributed by atoms with Crippen LogP contribution in [-0.2, 0) is 6.18 Å². The molecule has 70 heavy (non-hydrogen) atoms. The lowest BCUT2D eigenvalue weighted by Gasteiger charge is -2.18. The van der Waals surface area contributed by atoms with Crippen LogP contribution in [0, 0.1) is 22.7 Å². The molecule has 10 heteroatoms. The van der Waals surface area contributed by atoms with Crippen LogP contribution in [0.25, 0.3) is 111 Å². The minimum Gasteiger partial charge on any atom is -0.309 e. The number of hydrogen-bond donors (Lipinski definition) is 0. The largest absolute Gasteiger partial charge is 0.417 e. The van der Waals surface area contributed by atoms with E-state index in [2.05, 4.69) is 59.2 Å². The summed E-state index contributed by atoms with van der Waals surface area (Å²) in [7, 11) is 0. The highest BCUT2D eigenvalue weighted by Gasteiger charge is 2.35. The molecule has 0 aliphatic rings. The second-order valence-corrected chi connectivity index (χ2v) is 17.0. The monoisotopic (exact) mass is 909 g/mol. The first-order chi connectivity index (χ1) is 34.2. The quantitative estimate of drug-likeness (QED) is 0.159. The Bertz CT molecular complexity index is 4030. The van der Waals surface area contributed by atoms with Gasteiger partial charge in [0.25, 0.3) is 0 Å². The number of aromatic nitrogens is 5. The molecule has 3 aromatic heterocycles. The Kier molecular flexibility index (Phi) is 9.90. The summed E-state index contributed by atoms with van der Waals surface area (Å²) in [5, 5.41) is 23.5. The van der Waals surface area contributed by atoms with E-state index in [1.165, 1.54) is 18.2 Å². The maximum absolute atomic E-state index is 14.8. The van der Waals surface area contributed by atoms with Crippen LogP contribution in [-0.4, -0.2) is 24.1 Å². The fourth-order valence-corrected chi connectivity index (χ4v) is 9.69. The van der Waals surface area contributed by atoms with Crippen molar-refractivity contribution in [3.05, 3.63) is 223 Å². The van der Waals surface area contributed by atoms with E-state index in [4.69, 9.17) is 15.0 Å². The zero-order valence-corrected chi connectivity index (χ0v) is 36.9. The lowest BCUT2D eigenvalue weighted by Crippen LogP contribution is -2.09. The van der Waals surface area contributed by atoms with Crippen molar-refractivity contribution in [3.63, 3.8) is 0 Å². The van der Waals surface area contributed by atoms with Gasteiger partial charge in [0.2, 0.25) is 0 Å². The summed E-state index contributed by atoms with van der Waals surface area (Å²) < 4.78 is 48.7. The number of fused-ring (bicyclic) bond motifs is 6. The predicted molar refractivity (Wildman–Crippen MR) is 270 cm³/mol. The summed E-state index contributed by atoms with van der Waals surface area (Å²) in [6.45, 7) is 0. The average Bonchev–Trinajstić information content (AvgIpc) is 3.93. The lowest BCUT2D eigenvalue weighted by atomic mass is 9.94. The first kappa shape index (κ1) is 41.8.